The predicted molar refractivity (Wildman–Crippen MR) is 102 cm³/mol. The molecule has 0 saturated heterocycles. The third-order valence-corrected chi connectivity index (χ3v) is 4.23. The maximum atomic E-state index is 12.6. The van der Waals surface area contributed by atoms with E-state index in [1.54, 1.807) is 24.3 Å². The van der Waals surface area contributed by atoms with Crippen molar-refractivity contribution < 1.29 is 32.9 Å². The molecule has 2 aromatic carbocycles. The average molecular weight is 418 g/mol. The molecule has 30 heavy (non-hydrogen) atoms. The van der Waals surface area contributed by atoms with E-state index in [-0.39, 0.29) is 17.0 Å². The molecule has 3 aromatic rings. The number of pyridine rings is 1. The molecule has 0 aliphatic carbocycles. The Morgan fingerprint density at radius 2 is 1.60 bits per heavy atom. The third kappa shape index (κ3) is 4.94. The number of aliphatic hydroxyl groups is 2. The number of amides is 1. The van der Waals surface area contributed by atoms with Crippen LogP contribution in [0.15, 0.2) is 60.7 Å². The molecule has 1 heterocycles. The normalized spacial score (nSPS) is 12.4. The van der Waals surface area contributed by atoms with Gasteiger partial charge in [-0.15, -0.1) is 0 Å². The number of nitrogens with zero attached hydrogens (tertiary/aromatic N) is 1. The van der Waals surface area contributed by atoms with Crippen LogP contribution in [-0.4, -0.2) is 27.7 Å². The summed E-state index contributed by atoms with van der Waals surface area (Å²) in [4.78, 5) is 15.7. The highest BCUT2D eigenvalue weighted by atomic mass is 19.4. The van der Waals surface area contributed by atoms with E-state index in [2.05, 4.69) is 4.98 Å². The van der Waals surface area contributed by atoms with Gasteiger partial charge in [0.05, 0.1) is 17.9 Å². The number of aliphatic hydroxyl groups excluding tert-OH is 2. The van der Waals surface area contributed by atoms with Gasteiger partial charge in [0.15, 0.2) is 0 Å². The molecule has 0 saturated carbocycles. The Balaban J connectivity index is 1.83. The Morgan fingerprint density at radius 3 is 2.10 bits per heavy atom. The standard InChI is InChI=1S/C21H17F3N2O4/c22-21(23,24)14-3-7-16(8-4-14)30-15-5-1-12(2-6-15)17-9-13(19(28)11-27)10-18(26-17)20(25)29/h1-10,19,27-28H,11H2,(H2,25,29)/t19-/m0/s1. The smallest absolute Gasteiger partial charge is 0.416 e. The molecule has 156 valence electrons. The molecule has 0 radical (unpaired) electrons. The number of ether oxygens (including phenoxy) is 1. The summed E-state index contributed by atoms with van der Waals surface area (Å²) in [7, 11) is 0. The molecule has 1 atom stereocenters. The zero-order valence-electron chi connectivity index (χ0n) is 15.4. The van der Waals surface area contributed by atoms with E-state index in [9.17, 15) is 23.1 Å². The van der Waals surface area contributed by atoms with Crippen LogP contribution < -0.4 is 10.5 Å². The molecule has 6 nitrogen and oxygen atoms in total. The number of hydrogen-bond acceptors (Lipinski definition) is 5. The number of alkyl halides is 3. The second-order valence-corrected chi connectivity index (χ2v) is 6.38. The van der Waals surface area contributed by atoms with Gasteiger partial charge in [0.25, 0.3) is 5.91 Å². The van der Waals surface area contributed by atoms with Gasteiger partial charge >= 0.3 is 6.18 Å². The Bertz CT molecular complexity index is 1040. The lowest BCUT2D eigenvalue weighted by molar-refractivity contribution is -0.137. The molecule has 4 N–H and O–H groups in total. The summed E-state index contributed by atoms with van der Waals surface area (Å²) < 4.78 is 43.4. The largest absolute Gasteiger partial charge is 0.457 e. The van der Waals surface area contributed by atoms with Crippen molar-refractivity contribution in [3.8, 4) is 22.8 Å². The van der Waals surface area contributed by atoms with Crippen LogP contribution in [0.4, 0.5) is 13.2 Å². The number of carbonyl (C=O) groups excluding carboxylic acids is 1. The van der Waals surface area contributed by atoms with Crippen LogP contribution in [0.1, 0.15) is 27.7 Å². The van der Waals surface area contributed by atoms with E-state index in [4.69, 9.17) is 15.6 Å². The molecule has 0 fully saturated rings. The Hall–Kier alpha value is -3.43. The first-order chi connectivity index (χ1) is 14.2. The fourth-order valence-electron chi connectivity index (χ4n) is 2.67. The molecular weight excluding hydrogens is 401 g/mol. The molecule has 0 aliphatic heterocycles. The second kappa shape index (κ2) is 8.52. The highest BCUT2D eigenvalue weighted by Crippen LogP contribution is 2.32. The fourth-order valence-corrected chi connectivity index (χ4v) is 2.67. The van der Waals surface area contributed by atoms with Crippen molar-refractivity contribution in [2.75, 3.05) is 6.61 Å². The zero-order chi connectivity index (χ0) is 21.9. The highest BCUT2D eigenvalue weighted by Gasteiger charge is 2.30. The van der Waals surface area contributed by atoms with Crippen LogP contribution in [0, 0.1) is 0 Å². The average Bonchev–Trinajstić information content (AvgIpc) is 2.73. The summed E-state index contributed by atoms with van der Waals surface area (Å²) in [5.74, 6) is -0.177. The summed E-state index contributed by atoms with van der Waals surface area (Å²) in [6.45, 7) is -0.540. The van der Waals surface area contributed by atoms with E-state index in [1.165, 1.54) is 24.3 Å². The van der Waals surface area contributed by atoms with Crippen molar-refractivity contribution in [1.82, 2.24) is 4.98 Å². The summed E-state index contributed by atoms with van der Waals surface area (Å²) in [5, 5.41) is 19.0. The number of benzene rings is 2. The Kier molecular flexibility index (Phi) is 6.04. The fraction of sp³-hybridized carbons (Fsp3) is 0.143. The number of carbonyl (C=O) groups is 1. The number of aromatic nitrogens is 1. The van der Waals surface area contributed by atoms with Gasteiger partial charge in [-0.3, -0.25) is 4.79 Å². The first kappa shape index (κ1) is 21.3. The maximum Gasteiger partial charge on any atom is 0.416 e. The van der Waals surface area contributed by atoms with E-state index in [0.717, 1.165) is 12.1 Å². The van der Waals surface area contributed by atoms with Crippen molar-refractivity contribution >= 4 is 5.91 Å². The van der Waals surface area contributed by atoms with Gasteiger partial charge in [0.1, 0.15) is 23.3 Å². The van der Waals surface area contributed by atoms with Crippen LogP contribution in [-0.2, 0) is 6.18 Å². The third-order valence-electron chi connectivity index (χ3n) is 4.23. The summed E-state index contributed by atoms with van der Waals surface area (Å²) in [6, 6.07) is 13.5. The van der Waals surface area contributed by atoms with Gasteiger partial charge < -0.3 is 20.7 Å². The van der Waals surface area contributed by atoms with Crippen molar-refractivity contribution in [2.45, 2.75) is 12.3 Å². The quantitative estimate of drug-likeness (QED) is 0.566. The highest BCUT2D eigenvalue weighted by molar-refractivity contribution is 5.91. The molecule has 1 amide bonds. The van der Waals surface area contributed by atoms with E-state index in [0.29, 0.717) is 17.0 Å². The molecule has 1 aromatic heterocycles. The van der Waals surface area contributed by atoms with E-state index in [1.807, 2.05) is 0 Å². The first-order valence-corrected chi connectivity index (χ1v) is 8.73. The van der Waals surface area contributed by atoms with Crippen LogP contribution in [0.25, 0.3) is 11.3 Å². The molecular formula is C21H17F3N2O4. The number of hydrogen-bond donors (Lipinski definition) is 3. The molecule has 9 heteroatoms. The number of nitrogens with two attached hydrogens (primary N) is 1. The van der Waals surface area contributed by atoms with Crippen molar-refractivity contribution in [1.29, 1.82) is 0 Å². The van der Waals surface area contributed by atoms with Crippen molar-refractivity contribution in [3.63, 3.8) is 0 Å². The number of rotatable bonds is 6. The van der Waals surface area contributed by atoms with Crippen LogP contribution in [0.5, 0.6) is 11.5 Å². The summed E-state index contributed by atoms with van der Waals surface area (Å²) in [5.41, 5.74) is 5.64. The van der Waals surface area contributed by atoms with Crippen molar-refractivity contribution in [3.05, 3.63) is 77.5 Å². The van der Waals surface area contributed by atoms with Gasteiger partial charge in [-0.1, -0.05) is 0 Å². The SMILES string of the molecule is NC(=O)c1cc([C@@H](O)CO)cc(-c2ccc(Oc3ccc(C(F)(F)F)cc3)cc2)n1. The zero-order valence-corrected chi connectivity index (χ0v) is 15.4. The minimum Gasteiger partial charge on any atom is -0.457 e. The van der Waals surface area contributed by atoms with Crippen LogP contribution in [0.3, 0.4) is 0 Å². The minimum absolute atomic E-state index is 0.0694. The van der Waals surface area contributed by atoms with Gasteiger partial charge in [-0.05, 0) is 66.2 Å². The molecule has 0 bridgehead atoms. The van der Waals surface area contributed by atoms with Crippen LogP contribution in [0.2, 0.25) is 0 Å². The summed E-state index contributed by atoms with van der Waals surface area (Å²) >= 11 is 0. The number of halogens is 3. The lowest BCUT2D eigenvalue weighted by atomic mass is 10.0. The minimum atomic E-state index is -4.42. The first-order valence-electron chi connectivity index (χ1n) is 8.73. The molecule has 0 spiro atoms. The second-order valence-electron chi connectivity index (χ2n) is 6.38. The predicted octanol–water partition coefficient (Wildman–Crippen LogP) is 3.68. The van der Waals surface area contributed by atoms with Gasteiger partial charge in [0.2, 0.25) is 0 Å². The van der Waals surface area contributed by atoms with E-state index < -0.39 is 30.4 Å². The lowest BCUT2D eigenvalue weighted by Gasteiger charge is -2.12. The summed E-state index contributed by atoms with van der Waals surface area (Å²) in [6.07, 6.45) is -5.62. The molecule has 0 unspecified atom stereocenters. The van der Waals surface area contributed by atoms with Crippen LogP contribution >= 0.6 is 0 Å². The maximum absolute atomic E-state index is 12.6. The topological polar surface area (TPSA) is 106 Å². The van der Waals surface area contributed by atoms with E-state index >= 15 is 0 Å². The molecule has 0 aliphatic rings. The van der Waals surface area contributed by atoms with Gasteiger partial charge in [-0.2, -0.15) is 13.2 Å². The van der Waals surface area contributed by atoms with Crippen molar-refractivity contribution in [2.24, 2.45) is 5.73 Å². The van der Waals surface area contributed by atoms with Gasteiger partial charge in [0, 0.05) is 5.56 Å². The monoisotopic (exact) mass is 418 g/mol. The van der Waals surface area contributed by atoms with Gasteiger partial charge in [-0.25, -0.2) is 4.98 Å². The lowest BCUT2D eigenvalue weighted by Crippen LogP contribution is -2.15. The Labute approximate surface area is 169 Å². The Morgan fingerprint density at radius 1 is 1.03 bits per heavy atom. The molecule has 3 rings (SSSR count). The number of primary amides is 1.